The molecule has 5 heteroatoms. The molecule has 0 heterocycles. The van der Waals surface area contributed by atoms with Crippen molar-refractivity contribution in [1.29, 1.82) is 0 Å². The molecular weight excluding hydrogens is 224 g/mol. The average Bonchev–Trinajstić information content (AvgIpc) is 2.29. The fourth-order valence-corrected chi connectivity index (χ4v) is 1.43. The van der Waals surface area contributed by atoms with Gasteiger partial charge in [0, 0.05) is 12.1 Å². The number of carbonyl (C=O) groups is 2. The van der Waals surface area contributed by atoms with Crippen molar-refractivity contribution >= 4 is 24.6 Å². The second-order valence-electron chi connectivity index (χ2n) is 3.18. The van der Waals surface area contributed by atoms with Crippen LogP contribution in [0.3, 0.4) is 0 Å². The Balaban J connectivity index is 2.58. The van der Waals surface area contributed by atoms with E-state index in [1.807, 2.05) is 13.0 Å². The molecule has 16 heavy (non-hydrogen) atoms. The van der Waals surface area contributed by atoms with Crippen LogP contribution in [-0.4, -0.2) is 29.2 Å². The molecule has 1 aromatic rings. The van der Waals surface area contributed by atoms with Gasteiger partial charge in [0.15, 0.2) is 0 Å². The summed E-state index contributed by atoms with van der Waals surface area (Å²) in [6.07, 6.45) is 0. The number of likely N-dealkylation sites (N-methyl/N-ethyl adjacent to an activating group) is 1. The van der Waals surface area contributed by atoms with Gasteiger partial charge in [-0.1, -0.05) is 31.0 Å². The number of benzene rings is 1. The molecule has 1 rings (SSSR count). The van der Waals surface area contributed by atoms with E-state index in [4.69, 9.17) is 0 Å². The Bertz CT molecular complexity index is 368. The predicted molar refractivity (Wildman–Crippen MR) is 65.1 cm³/mol. The van der Waals surface area contributed by atoms with Crippen LogP contribution in [0.4, 0.5) is 0 Å². The van der Waals surface area contributed by atoms with Gasteiger partial charge in [0.1, 0.15) is 6.54 Å². The van der Waals surface area contributed by atoms with E-state index < -0.39 is 0 Å². The van der Waals surface area contributed by atoms with Gasteiger partial charge in [-0.15, -0.1) is 0 Å². The van der Waals surface area contributed by atoms with Crippen molar-refractivity contribution in [3.05, 3.63) is 35.9 Å². The highest BCUT2D eigenvalue weighted by Crippen LogP contribution is 2.06. The van der Waals surface area contributed by atoms with E-state index in [2.05, 4.69) is 18.1 Å². The molecule has 0 unspecified atom stereocenters. The number of rotatable bonds is 4. The van der Waals surface area contributed by atoms with Crippen molar-refractivity contribution in [2.45, 2.75) is 6.92 Å². The summed E-state index contributed by atoms with van der Waals surface area (Å²) in [4.78, 5) is 23.0. The quantitative estimate of drug-likeness (QED) is 0.772. The molecule has 0 bridgehead atoms. The summed E-state index contributed by atoms with van der Waals surface area (Å²) in [5.41, 5.74) is 0.516. The minimum Gasteiger partial charge on any atom is -0.355 e. The van der Waals surface area contributed by atoms with Crippen molar-refractivity contribution in [2.75, 3.05) is 13.1 Å². The van der Waals surface area contributed by atoms with Gasteiger partial charge in [0.2, 0.25) is 5.91 Å². The predicted octanol–water partition coefficient (Wildman–Crippen LogP) is 1.11. The average molecular weight is 238 g/mol. The van der Waals surface area contributed by atoms with E-state index in [0.717, 1.165) is 4.31 Å². The molecule has 0 saturated carbocycles. The van der Waals surface area contributed by atoms with Crippen LogP contribution in [0.1, 0.15) is 17.3 Å². The summed E-state index contributed by atoms with van der Waals surface area (Å²) in [6.45, 7) is 2.31. The molecule has 86 valence electrons. The van der Waals surface area contributed by atoms with Gasteiger partial charge < -0.3 is 5.32 Å². The van der Waals surface area contributed by atoms with Crippen molar-refractivity contribution in [3.63, 3.8) is 0 Å². The monoisotopic (exact) mass is 238 g/mol. The third-order valence-electron chi connectivity index (χ3n) is 1.92. The SMILES string of the molecule is CCNC(=O)CN(S)C(=O)c1ccccc1. The lowest BCUT2D eigenvalue weighted by molar-refractivity contribution is -0.120. The Labute approximate surface area is 100 Å². The molecule has 0 aliphatic carbocycles. The van der Waals surface area contributed by atoms with Crippen LogP contribution < -0.4 is 5.32 Å². The van der Waals surface area contributed by atoms with Crippen LogP contribution in [0.2, 0.25) is 0 Å². The number of carbonyl (C=O) groups excluding carboxylic acids is 2. The Morgan fingerprint density at radius 1 is 1.31 bits per heavy atom. The number of nitrogens with zero attached hydrogens (tertiary/aromatic N) is 1. The molecule has 0 fully saturated rings. The summed E-state index contributed by atoms with van der Waals surface area (Å²) in [5.74, 6) is -0.503. The zero-order chi connectivity index (χ0) is 12.0. The maximum Gasteiger partial charge on any atom is 0.263 e. The summed E-state index contributed by atoms with van der Waals surface area (Å²) in [7, 11) is 0. The minimum atomic E-state index is -0.282. The number of nitrogens with one attached hydrogen (secondary N) is 1. The largest absolute Gasteiger partial charge is 0.355 e. The first kappa shape index (κ1) is 12.6. The second-order valence-corrected chi connectivity index (χ2v) is 3.67. The molecule has 0 aromatic heterocycles. The number of thiol groups is 1. The molecular formula is C11H14N2O2S. The molecule has 4 nitrogen and oxygen atoms in total. The summed E-state index contributed by atoms with van der Waals surface area (Å²) in [6, 6.07) is 8.72. The van der Waals surface area contributed by atoms with E-state index in [9.17, 15) is 9.59 Å². The smallest absolute Gasteiger partial charge is 0.263 e. The van der Waals surface area contributed by atoms with Gasteiger partial charge in [-0.2, -0.15) is 0 Å². The Morgan fingerprint density at radius 2 is 1.94 bits per heavy atom. The summed E-state index contributed by atoms with van der Waals surface area (Å²) in [5, 5.41) is 2.60. The van der Waals surface area contributed by atoms with Crippen LogP contribution in [0, 0.1) is 0 Å². The highest BCUT2D eigenvalue weighted by molar-refractivity contribution is 7.78. The zero-order valence-electron chi connectivity index (χ0n) is 9.01. The normalized spacial score (nSPS) is 9.62. The molecule has 1 aromatic carbocycles. The van der Waals surface area contributed by atoms with Crippen molar-refractivity contribution < 1.29 is 9.59 Å². The van der Waals surface area contributed by atoms with Gasteiger partial charge >= 0.3 is 0 Å². The topological polar surface area (TPSA) is 49.4 Å². The number of hydrogen-bond acceptors (Lipinski definition) is 3. The number of hydrogen-bond donors (Lipinski definition) is 2. The van der Waals surface area contributed by atoms with Gasteiger partial charge in [-0.25, -0.2) is 0 Å². The molecule has 1 N–H and O–H groups in total. The number of amides is 2. The summed E-state index contributed by atoms with van der Waals surface area (Å²) < 4.78 is 1.10. The van der Waals surface area contributed by atoms with Crippen LogP contribution in [0.25, 0.3) is 0 Å². The first-order valence-corrected chi connectivity index (χ1v) is 5.37. The van der Waals surface area contributed by atoms with E-state index in [-0.39, 0.29) is 18.4 Å². The fraction of sp³-hybridized carbons (Fsp3) is 0.273. The van der Waals surface area contributed by atoms with Gasteiger partial charge in [0.25, 0.3) is 5.91 Å². The highest BCUT2D eigenvalue weighted by atomic mass is 32.1. The fourth-order valence-electron chi connectivity index (χ4n) is 1.19. The molecule has 0 saturated heterocycles. The molecule has 0 spiro atoms. The lowest BCUT2D eigenvalue weighted by atomic mass is 10.2. The van der Waals surface area contributed by atoms with Crippen LogP contribution in [-0.2, 0) is 4.79 Å². The minimum absolute atomic E-state index is 0.0509. The molecule has 0 atom stereocenters. The van der Waals surface area contributed by atoms with Gasteiger partial charge in [-0.05, 0) is 19.1 Å². The van der Waals surface area contributed by atoms with Crippen molar-refractivity contribution in [2.24, 2.45) is 0 Å². The zero-order valence-corrected chi connectivity index (χ0v) is 9.91. The second kappa shape index (κ2) is 6.17. The van der Waals surface area contributed by atoms with Crippen molar-refractivity contribution in [3.8, 4) is 0 Å². The van der Waals surface area contributed by atoms with Crippen LogP contribution in [0.15, 0.2) is 30.3 Å². The Kier molecular flexibility index (Phi) is 4.85. The molecule has 2 amide bonds. The molecule has 0 aliphatic heterocycles. The summed E-state index contributed by atoms with van der Waals surface area (Å²) >= 11 is 3.99. The third kappa shape index (κ3) is 3.58. The highest BCUT2D eigenvalue weighted by Gasteiger charge is 2.14. The Morgan fingerprint density at radius 3 is 2.50 bits per heavy atom. The van der Waals surface area contributed by atoms with E-state index >= 15 is 0 Å². The first-order valence-electron chi connectivity index (χ1n) is 4.97. The maximum absolute atomic E-state index is 11.8. The lowest BCUT2D eigenvalue weighted by Gasteiger charge is -2.14. The molecule has 0 radical (unpaired) electrons. The molecule has 0 aliphatic rings. The van der Waals surface area contributed by atoms with E-state index in [0.29, 0.717) is 12.1 Å². The van der Waals surface area contributed by atoms with Crippen LogP contribution in [0.5, 0.6) is 0 Å². The first-order chi connectivity index (χ1) is 7.65. The third-order valence-corrected chi connectivity index (χ3v) is 2.25. The lowest BCUT2D eigenvalue weighted by Crippen LogP contribution is -2.35. The van der Waals surface area contributed by atoms with Crippen LogP contribution >= 0.6 is 12.8 Å². The maximum atomic E-state index is 11.8. The standard InChI is InChI=1S/C11H14N2O2S/c1-2-12-10(14)8-13(16)11(15)9-6-4-3-5-7-9/h3-7,16H,2,8H2,1H3,(H,12,14). The van der Waals surface area contributed by atoms with E-state index in [1.54, 1.807) is 24.3 Å². The van der Waals surface area contributed by atoms with Gasteiger partial charge in [0.05, 0.1) is 0 Å². The van der Waals surface area contributed by atoms with Crippen molar-refractivity contribution in [1.82, 2.24) is 9.62 Å². The Hall–Kier alpha value is -1.49. The van der Waals surface area contributed by atoms with Gasteiger partial charge in [-0.3, -0.25) is 13.9 Å². The van der Waals surface area contributed by atoms with E-state index in [1.165, 1.54) is 0 Å².